The molecule has 1 rings (SSSR count). The highest BCUT2D eigenvalue weighted by molar-refractivity contribution is 5.87. The van der Waals surface area contributed by atoms with Crippen molar-refractivity contribution in [2.75, 3.05) is 20.7 Å². The van der Waals surface area contributed by atoms with Crippen molar-refractivity contribution in [1.29, 1.82) is 0 Å². The molecule has 0 spiro atoms. The highest BCUT2D eigenvalue weighted by Gasteiger charge is 2.42. The number of nitrogens with zero attached hydrogens (tertiary/aromatic N) is 1. The molecule has 15 heavy (non-hydrogen) atoms. The van der Waals surface area contributed by atoms with Gasteiger partial charge in [-0.25, -0.2) is 0 Å². The molecule has 0 aromatic heterocycles. The number of hydrogen-bond acceptors (Lipinski definition) is 2. The summed E-state index contributed by atoms with van der Waals surface area (Å²) in [6.45, 7) is 3.07. The Hall–Kier alpha value is -0.830. The fraction of sp³-hybridized carbons (Fsp3) is 0.750. The average Bonchev–Trinajstić information content (AvgIpc) is 2.93. The van der Waals surface area contributed by atoms with Gasteiger partial charge in [0.25, 0.3) is 0 Å². The minimum Gasteiger partial charge on any atom is -0.370 e. The van der Waals surface area contributed by atoms with Gasteiger partial charge in [0.15, 0.2) is 0 Å². The minimum atomic E-state index is 0.0521. The van der Waals surface area contributed by atoms with Crippen molar-refractivity contribution in [3.8, 4) is 0 Å². The van der Waals surface area contributed by atoms with Crippen LogP contribution in [0.5, 0.6) is 0 Å². The number of likely N-dealkylation sites (N-methyl/N-ethyl adjacent to an activating group) is 1. The molecular weight excluding hydrogens is 190 g/mol. The summed E-state index contributed by atoms with van der Waals surface area (Å²) in [7, 11) is 3.52. The summed E-state index contributed by atoms with van der Waals surface area (Å²) in [6, 6.07) is 0. The molecule has 3 heteroatoms. The van der Waals surface area contributed by atoms with E-state index in [2.05, 4.69) is 6.92 Å². The second kappa shape index (κ2) is 5.31. The summed E-state index contributed by atoms with van der Waals surface area (Å²) >= 11 is 0. The number of carbonyl (C=O) groups excluding carboxylic acids is 1. The third-order valence-electron chi connectivity index (χ3n) is 2.73. The fourth-order valence-electron chi connectivity index (χ4n) is 1.65. The van der Waals surface area contributed by atoms with Gasteiger partial charge in [-0.2, -0.15) is 0 Å². The van der Waals surface area contributed by atoms with Gasteiger partial charge < -0.3 is 9.64 Å². The van der Waals surface area contributed by atoms with Crippen molar-refractivity contribution >= 4 is 5.91 Å². The summed E-state index contributed by atoms with van der Waals surface area (Å²) in [6.07, 6.45) is 7.86. The van der Waals surface area contributed by atoms with E-state index in [1.165, 1.54) is 6.42 Å². The molecule has 1 amide bonds. The van der Waals surface area contributed by atoms with Crippen molar-refractivity contribution in [2.24, 2.45) is 0 Å². The van der Waals surface area contributed by atoms with Crippen LogP contribution in [0.15, 0.2) is 12.2 Å². The van der Waals surface area contributed by atoms with E-state index < -0.39 is 0 Å². The Morgan fingerprint density at radius 3 is 2.60 bits per heavy atom. The van der Waals surface area contributed by atoms with E-state index in [4.69, 9.17) is 4.74 Å². The molecule has 0 aromatic carbocycles. The van der Waals surface area contributed by atoms with E-state index in [0.29, 0.717) is 0 Å². The standard InChI is InChI=1S/C12H21NO2/c1-4-8-12(10-15-12)9-6-5-7-11(14)13(2)3/h5,7H,4,6,8-10H2,1-3H3/b7-5+. The molecule has 0 radical (unpaired) electrons. The molecule has 1 fully saturated rings. The van der Waals surface area contributed by atoms with Gasteiger partial charge in [-0.3, -0.25) is 4.79 Å². The first-order valence-electron chi connectivity index (χ1n) is 5.61. The van der Waals surface area contributed by atoms with Crippen LogP contribution in [0.4, 0.5) is 0 Å². The topological polar surface area (TPSA) is 32.8 Å². The fourth-order valence-corrected chi connectivity index (χ4v) is 1.65. The van der Waals surface area contributed by atoms with Gasteiger partial charge in [0.05, 0.1) is 12.2 Å². The maximum absolute atomic E-state index is 11.2. The highest BCUT2D eigenvalue weighted by atomic mass is 16.6. The molecular formula is C12H21NO2. The zero-order chi connectivity index (χ0) is 11.3. The Labute approximate surface area is 92.1 Å². The lowest BCUT2D eigenvalue weighted by molar-refractivity contribution is -0.123. The van der Waals surface area contributed by atoms with Gasteiger partial charge in [-0.15, -0.1) is 0 Å². The molecule has 0 aliphatic carbocycles. The van der Waals surface area contributed by atoms with Crippen molar-refractivity contribution in [3.63, 3.8) is 0 Å². The van der Waals surface area contributed by atoms with Crippen LogP contribution < -0.4 is 0 Å². The minimum absolute atomic E-state index is 0.0521. The van der Waals surface area contributed by atoms with Crippen LogP contribution in [0.1, 0.15) is 32.6 Å². The quantitative estimate of drug-likeness (QED) is 0.497. The molecule has 1 aliphatic rings. The van der Waals surface area contributed by atoms with Crippen LogP contribution in [-0.2, 0) is 9.53 Å². The molecule has 86 valence electrons. The van der Waals surface area contributed by atoms with E-state index in [1.807, 2.05) is 6.08 Å². The molecule has 0 saturated carbocycles. The highest BCUT2D eigenvalue weighted by Crippen LogP contribution is 2.36. The van der Waals surface area contributed by atoms with E-state index in [0.717, 1.165) is 25.9 Å². The molecule has 1 heterocycles. The van der Waals surface area contributed by atoms with Gasteiger partial charge in [0.2, 0.25) is 5.91 Å². The van der Waals surface area contributed by atoms with Crippen molar-refractivity contribution < 1.29 is 9.53 Å². The maximum atomic E-state index is 11.2. The number of ether oxygens (including phenoxy) is 1. The van der Waals surface area contributed by atoms with Gasteiger partial charge in [0, 0.05) is 14.1 Å². The smallest absolute Gasteiger partial charge is 0.245 e. The predicted octanol–water partition coefficient (Wildman–Crippen LogP) is 1.98. The molecule has 1 atom stereocenters. The number of allylic oxidation sites excluding steroid dienone is 1. The Kier molecular flexibility index (Phi) is 4.33. The summed E-state index contributed by atoms with van der Waals surface area (Å²) in [4.78, 5) is 12.8. The zero-order valence-electron chi connectivity index (χ0n) is 9.95. The zero-order valence-corrected chi connectivity index (χ0v) is 9.95. The van der Waals surface area contributed by atoms with E-state index in [-0.39, 0.29) is 11.5 Å². The van der Waals surface area contributed by atoms with Gasteiger partial charge in [-0.05, 0) is 25.3 Å². The first-order valence-corrected chi connectivity index (χ1v) is 5.61. The van der Waals surface area contributed by atoms with Crippen molar-refractivity contribution in [3.05, 3.63) is 12.2 Å². The van der Waals surface area contributed by atoms with Crippen LogP contribution in [0.25, 0.3) is 0 Å². The summed E-state index contributed by atoms with van der Waals surface area (Å²) in [5.74, 6) is 0.0521. The summed E-state index contributed by atoms with van der Waals surface area (Å²) < 4.78 is 5.46. The Balaban J connectivity index is 2.19. The van der Waals surface area contributed by atoms with Gasteiger partial charge in [0.1, 0.15) is 0 Å². The van der Waals surface area contributed by atoms with Crippen LogP contribution >= 0.6 is 0 Å². The summed E-state index contributed by atoms with van der Waals surface area (Å²) in [5.41, 5.74) is 0.153. The molecule has 3 nitrogen and oxygen atoms in total. The molecule has 1 aliphatic heterocycles. The Morgan fingerprint density at radius 1 is 1.47 bits per heavy atom. The molecule has 1 unspecified atom stereocenters. The normalized spacial score (nSPS) is 24.5. The lowest BCUT2D eigenvalue weighted by Crippen LogP contribution is -2.18. The Bertz CT molecular complexity index is 242. The third kappa shape index (κ3) is 4.04. The number of amides is 1. The lowest BCUT2D eigenvalue weighted by Gasteiger charge is -2.08. The number of hydrogen-bond donors (Lipinski definition) is 0. The van der Waals surface area contributed by atoms with E-state index >= 15 is 0 Å². The molecule has 1 saturated heterocycles. The molecule has 0 aromatic rings. The first-order chi connectivity index (χ1) is 7.09. The van der Waals surface area contributed by atoms with Crippen LogP contribution in [0.3, 0.4) is 0 Å². The van der Waals surface area contributed by atoms with Crippen molar-refractivity contribution in [2.45, 2.75) is 38.2 Å². The number of rotatable bonds is 6. The average molecular weight is 211 g/mol. The van der Waals surface area contributed by atoms with E-state index in [9.17, 15) is 4.79 Å². The van der Waals surface area contributed by atoms with Crippen LogP contribution in [0.2, 0.25) is 0 Å². The largest absolute Gasteiger partial charge is 0.370 e. The van der Waals surface area contributed by atoms with E-state index in [1.54, 1.807) is 25.1 Å². The SMILES string of the molecule is CCCC1(CC/C=C/C(=O)N(C)C)CO1. The maximum Gasteiger partial charge on any atom is 0.245 e. The second-order valence-corrected chi connectivity index (χ2v) is 4.40. The van der Waals surface area contributed by atoms with Gasteiger partial charge >= 0.3 is 0 Å². The molecule has 0 bridgehead atoms. The Morgan fingerprint density at radius 2 is 2.13 bits per heavy atom. The third-order valence-corrected chi connectivity index (χ3v) is 2.73. The van der Waals surface area contributed by atoms with Crippen LogP contribution in [-0.4, -0.2) is 37.1 Å². The second-order valence-electron chi connectivity index (χ2n) is 4.40. The predicted molar refractivity (Wildman–Crippen MR) is 60.7 cm³/mol. The summed E-state index contributed by atoms with van der Waals surface area (Å²) in [5, 5.41) is 0. The first kappa shape index (κ1) is 12.2. The van der Waals surface area contributed by atoms with Crippen molar-refractivity contribution in [1.82, 2.24) is 4.90 Å². The number of carbonyl (C=O) groups is 1. The molecule has 0 N–H and O–H groups in total. The lowest BCUT2D eigenvalue weighted by atomic mass is 9.99. The van der Waals surface area contributed by atoms with Crippen LogP contribution in [0, 0.1) is 0 Å². The van der Waals surface area contributed by atoms with Gasteiger partial charge in [-0.1, -0.05) is 19.4 Å². The monoisotopic (exact) mass is 211 g/mol. The number of epoxide rings is 1.